The van der Waals surface area contributed by atoms with Crippen LogP contribution >= 0.6 is 0 Å². The summed E-state index contributed by atoms with van der Waals surface area (Å²) >= 11 is 0. The summed E-state index contributed by atoms with van der Waals surface area (Å²) in [6.45, 7) is 3.16. The third-order valence-corrected chi connectivity index (χ3v) is 3.68. The van der Waals surface area contributed by atoms with E-state index in [0.717, 1.165) is 16.9 Å². The van der Waals surface area contributed by atoms with E-state index in [2.05, 4.69) is 14.9 Å². The molecule has 0 unspecified atom stereocenters. The molecule has 1 amide bonds. The van der Waals surface area contributed by atoms with E-state index in [1.165, 1.54) is 6.26 Å². The Morgan fingerprint density at radius 1 is 1.35 bits per heavy atom. The molecule has 0 aliphatic carbocycles. The molecule has 2 aromatic heterocycles. The number of hydrogen-bond acceptors (Lipinski definition) is 4. The number of nitrogens with zero attached hydrogens (tertiary/aromatic N) is 2. The molecule has 0 radical (unpaired) electrons. The average molecular weight is 313 g/mol. The molecule has 0 spiro atoms. The average Bonchev–Trinajstić information content (AvgIpc) is 3.20. The predicted molar refractivity (Wildman–Crippen MR) is 86.2 cm³/mol. The van der Waals surface area contributed by atoms with E-state index in [1.54, 1.807) is 19.2 Å². The van der Waals surface area contributed by atoms with Gasteiger partial charge in [0.05, 0.1) is 29.9 Å². The second-order valence-electron chi connectivity index (χ2n) is 5.28. The summed E-state index contributed by atoms with van der Waals surface area (Å²) in [4.78, 5) is 16.8. The molecule has 3 rings (SSSR count). The van der Waals surface area contributed by atoms with E-state index in [9.17, 15) is 4.79 Å². The lowest BCUT2D eigenvalue weighted by molar-refractivity contribution is 0.0909. The van der Waals surface area contributed by atoms with Crippen molar-refractivity contribution in [2.75, 3.05) is 13.7 Å². The lowest BCUT2D eigenvalue weighted by Gasteiger charge is -2.15. The number of furan rings is 1. The van der Waals surface area contributed by atoms with Crippen LogP contribution in [0.25, 0.3) is 11.0 Å². The van der Waals surface area contributed by atoms with Gasteiger partial charge in [0.25, 0.3) is 5.91 Å². The van der Waals surface area contributed by atoms with Crippen molar-refractivity contribution in [2.24, 2.45) is 0 Å². The van der Waals surface area contributed by atoms with Gasteiger partial charge >= 0.3 is 0 Å². The van der Waals surface area contributed by atoms with Gasteiger partial charge in [0.1, 0.15) is 5.82 Å². The Labute approximate surface area is 134 Å². The van der Waals surface area contributed by atoms with Crippen molar-refractivity contribution >= 4 is 16.9 Å². The van der Waals surface area contributed by atoms with Gasteiger partial charge in [-0.15, -0.1) is 0 Å². The molecule has 0 aliphatic heterocycles. The van der Waals surface area contributed by atoms with Gasteiger partial charge in [0.15, 0.2) is 5.76 Å². The molecule has 0 bridgehead atoms. The minimum atomic E-state index is -0.257. The summed E-state index contributed by atoms with van der Waals surface area (Å²) < 4.78 is 12.4. The number of fused-ring (bicyclic) bond motifs is 1. The Bertz CT molecular complexity index is 793. The molecule has 23 heavy (non-hydrogen) atoms. The molecule has 6 heteroatoms. The zero-order chi connectivity index (χ0) is 16.2. The van der Waals surface area contributed by atoms with Crippen LogP contribution in [0.3, 0.4) is 0 Å². The molecule has 2 heterocycles. The van der Waals surface area contributed by atoms with Crippen LogP contribution in [0.5, 0.6) is 0 Å². The monoisotopic (exact) mass is 313 g/mol. The van der Waals surface area contributed by atoms with Crippen molar-refractivity contribution in [1.82, 2.24) is 14.9 Å². The van der Waals surface area contributed by atoms with Gasteiger partial charge in [-0.3, -0.25) is 4.79 Å². The fourth-order valence-electron chi connectivity index (χ4n) is 2.58. The van der Waals surface area contributed by atoms with Crippen LogP contribution in [0, 0.1) is 0 Å². The number of carbonyl (C=O) groups excluding carboxylic acids is 1. The van der Waals surface area contributed by atoms with E-state index in [0.29, 0.717) is 13.2 Å². The second kappa shape index (κ2) is 6.66. The van der Waals surface area contributed by atoms with Gasteiger partial charge in [0, 0.05) is 13.7 Å². The highest BCUT2D eigenvalue weighted by Gasteiger charge is 2.19. The van der Waals surface area contributed by atoms with Gasteiger partial charge in [-0.05, 0) is 31.2 Å². The fraction of sp³-hybridized carbons (Fsp3) is 0.294. The number of benzene rings is 1. The Morgan fingerprint density at radius 3 is 2.91 bits per heavy atom. The summed E-state index contributed by atoms with van der Waals surface area (Å²) in [7, 11) is 1.67. The van der Waals surface area contributed by atoms with Crippen molar-refractivity contribution < 1.29 is 13.9 Å². The lowest BCUT2D eigenvalue weighted by atomic mass is 10.3. The number of rotatable bonds is 6. The van der Waals surface area contributed by atoms with E-state index in [-0.39, 0.29) is 17.7 Å². The number of ether oxygens (including phenoxy) is 1. The molecule has 3 aromatic rings. The van der Waals surface area contributed by atoms with Crippen LogP contribution in [0.1, 0.15) is 29.3 Å². The van der Waals surface area contributed by atoms with Crippen LogP contribution in [-0.4, -0.2) is 29.2 Å². The molecular formula is C17H19N3O3. The van der Waals surface area contributed by atoms with Crippen LogP contribution in [0.15, 0.2) is 47.1 Å². The van der Waals surface area contributed by atoms with E-state index >= 15 is 0 Å². The van der Waals surface area contributed by atoms with Crippen molar-refractivity contribution in [3.8, 4) is 0 Å². The number of hydrogen-bond donors (Lipinski definition) is 1. The minimum Gasteiger partial charge on any atom is -0.459 e. The summed E-state index contributed by atoms with van der Waals surface area (Å²) in [5, 5.41) is 2.92. The lowest BCUT2D eigenvalue weighted by Crippen LogP contribution is -2.28. The summed E-state index contributed by atoms with van der Waals surface area (Å²) in [5.74, 6) is 0.826. The first kappa shape index (κ1) is 15.3. The number of carbonyl (C=O) groups is 1. The van der Waals surface area contributed by atoms with E-state index < -0.39 is 0 Å². The second-order valence-corrected chi connectivity index (χ2v) is 5.28. The Hall–Kier alpha value is -2.60. The predicted octanol–water partition coefficient (Wildman–Crippen LogP) is 2.77. The summed E-state index contributed by atoms with van der Waals surface area (Å²) in [6.07, 6.45) is 1.48. The van der Waals surface area contributed by atoms with Crippen molar-refractivity contribution in [2.45, 2.75) is 19.5 Å². The number of imidazole rings is 1. The van der Waals surface area contributed by atoms with Gasteiger partial charge in [-0.25, -0.2) is 4.98 Å². The first-order valence-corrected chi connectivity index (χ1v) is 7.49. The molecule has 0 aliphatic rings. The van der Waals surface area contributed by atoms with Crippen LogP contribution in [-0.2, 0) is 11.3 Å². The zero-order valence-corrected chi connectivity index (χ0v) is 13.2. The minimum absolute atomic E-state index is 0.253. The molecular weight excluding hydrogens is 294 g/mol. The van der Waals surface area contributed by atoms with Crippen LogP contribution < -0.4 is 5.32 Å². The molecule has 0 fully saturated rings. The standard InChI is InChI=1S/C17H19N3O3/c1-12(18-17(21)15-8-5-10-23-15)16-19-13-6-3-4-7-14(13)20(16)9-11-22-2/h3-8,10,12H,9,11H2,1-2H3,(H,18,21)/t12-/m1/s1. The Balaban J connectivity index is 1.89. The highest BCUT2D eigenvalue weighted by molar-refractivity contribution is 5.91. The maximum Gasteiger partial charge on any atom is 0.287 e. The highest BCUT2D eigenvalue weighted by atomic mass is 16.5. The van der Waals surface area contributed by atoms with Gasteiger partial charge in [-0.2, -0.15) is 0 Å². The highest BCUT2D eigenvalue weighted by Crippen LogP contribution is 2.21. The summed E-state index contributed by atoms with van der Waals surface area (Å²) in [5.41, 5.74) is 1.93. The third-order valence-electron chi connectivity index (χ3n) is 3.68. The smallest absolute Gasteiger partial charge is 0.287 e. The van der Waals surface area contributed by atoms with Gasteiger partial charge in [-0.1, -0.05) is 12.1 Å². The first-order valence-electron chi connectivity index (χ1n) is 7.49. The molecule has 0 saturated carbocycles. The third kappa shape index (κ3) is 3.12. The SMILES string of the molecule is COCCn1c([C@@H](C)NC(=O)c2ccco2)nc2ccccc21. The van der Waals surface area contributed by atoms with Crippen molar-refractivity contribution in [1.29, 1.82) is 0 Å². The largest absolute Gasteiger partial charge is 0.459 e. The normalized spacial score (nSPS) is 12.4. The maximum atomic E-state index is 12.2. The van der Waals surface area contributed by atoms with Crippen LogP contribution in [0.2, 0.25) is 0 Å². The molecule has 1 atom stereocenters. The Kier molecular flexibility index (Phi) is 4.43. The first-order chi connectivity index (χ1) is 11.2. The molecule has 0 saturated heterocycles. The van der Waals surface area contributed by atoms with Gasteiger partial charge < -0.3 is 19.0 Å². The van der Waals surface area contributed by atoms with Gasteiger partial charge in [0.2, 0.25) is 0 Å². The number of nitrogens with one attached hydrogen (secondary N) is 1. The molecule has 1 aromatic carbocycles. The number of para-hydroxylation sites is 2. The van der Waals surface area contributed by atoms with E-state index in [4.69, 9.17) is 9.15 Å². The zero-order valence-electron chi connectivity index (χ0n) is 13.2. The molecule has 120 valence electrons. The van der Waals surface area contributed by atoms with Crippen LogP contribution in [0.4, 0.5) is 0 Å². The number of aromatic nitrogens is 2. The fourth-order valence-corrected chi connectivity index (χ4v) is 2.58. The molecule has 1 N–H and O–H groups in total. The Morgan fingerprint density at radius 2 is 2.17 bits per heavy atom. The number of amides is 1. The summed E-state index contributed by atoms with van der Waals surface area (Å²) in [6, 6.07) is 11.0. The van der Waals surface area contributed by atoms with E-state index in [1.807, 2.05) is 31.2 Å². The molecule has 6 nitrogen and oxygen atoms in total. The van der Waals surface area contributed by atoms with Crippen molar-refractivity contribution in [3.63, 3.8) is 0 Å². The number of methoxy groups -OCH3 is 1. The van der Waals surface area contributed by atoms with Crippen molar-refractivity contribution in [3.05, 3.63) is 54.2 Å². The topological polar surface area (TPSA) is 69.3 Å². The quantitative estimate of drug-likeness (QED) is 0.760. The maximum absolute atomic E-state index is 12.2.